The van der Waals surface area contributed by atoms with Gasteiger partial charge in [0, 0.05) is 10.9 Å². The number of hydrogen-bond acceptors (Lipinski definition) is 2. The summed E-state index contributed by atoms with van der Waals surface area (Å²) in [4.78, 5) is 1.14. The summed E-state index contributed by atoms with van der Waals surface area (Å²) in [6.45, 7) is 2.06. The molecule has 0 amide bonds. The Morgan fingerprint density at radius 1 is 1.82 bits per heavy atom. The molecule has 0 saturated heterocycles. The zero-order valence-corrected chi connectivity index (χ0v) is 9.26. The Morgan fingerprint density at radius 2 is 2.45 bits per heavy atom. The molecular formula is C7H9BrClNS. The third-order valence-electron chi connectivity index (χ3n) is 1.47. The summed E-state index contributed by atoms with van der Waals surface area (Å²) in [5, 5.41) is 0.758. The Bertz CT molecular complexity index is 229. The molecule has 0 fully saturated rings. The van der Waals surface area contributed by atoms with Crippen LogP contribution in [0.3, 0.4) is 0 Å². The fraction of sp³-hybridized carbons (Fsp3) is 0.429. The van der Waals surface area contributed by atoms with Gasteiger partial charge < -0.3 is 5.73 Å². The topological polar surface area (TPSA) is 26.0 Å². The maximum absolute atomic E-state index is 5.84. The van der Waals surface area contributed by atoms with Crippen molar-refractivity contribution in [2.24, 2.45) is 5.73 Å². The summed E-state index contributed by atoms with van der Waals surface area (Å²) in [5.41, 5.74) is 5.81. The second kappa shape index (κ2) is 3.90. The molecule has 2 N–H and O–H groups in total. The van der Waals surface area contributed by atoms with Crippen LogP contribution in [0.15, 0.2) is 9.85 Å². The molecule has 1 aromatic rings. The van der Waals surface area contributed by atoms with Crippen molar-refractivity contribution in [1.29, 1.82) is 0 Å². The summed E-state index contributed by atoms with van der Waals surface area (Å²) in [6, 6.07) is 2.05. The molecule has 0 aliphatic heterocycles. The number of halogens is 2. The van der Waals surface area contributed by atoms with E-state index in [1.54, 1.807) is 11.3 Å². The Balaban J connectivity index is 2.88. The second-order valence-electron chi connectivity index (χ2n) is 2.29. The van der Waals surface area contributed by atoms with E-state index in [1.165, 1.54) is 0 Å². The molecule has 4 heteroatoms. The third-order valence-corrected chi connectivity index (χ3v) is 4.08. The Labute approximate surface area is 83.7 Å². The van der Waals surface area contributed by atoms with Crippen LogP contribution in [0.1, 0.15) is 24.3 Å². The van der Waals surface area contributed by atoms with Gasteiger partial charge in [0.05, 0.1) is 8.81 Å². The molecule has 0 aromatic carbocycles. The van der Waals surface area contributed by atoms with Crippen LogP contribution in [-0.2, 0) is 0 Å². The molecular weight excluding hydrogens is 246 g/mol. The molecule has 0 aliphatic rings. The first-order chi connectivity index (χ1) is 5.15. The highest BCUT2D eigenvalue weighted by Gasteiger charge is 2.09. The van der Waals surface area contributed by atoms with E-state index < -0.39 is 0 Å². The van der Waals surface area contributed by atoms with Gasteiger partial charge in [-0.2, -0.15) is 0 Å². The Hall–Kier alpha value is 0.430. The Morgan fingerprint density at radius 3 is 2.82 bits per heavy atom. The maximum Gasteiger partial charge on any atom is 0.0887 e. The molecule has 62 valence electrons. The van der Waals surface area contributed by atoms with Crippen LogP contribution >= 0.6 is 38.9 Å². The number of hydrogen-bond donors (Lipinski definition) is 1. The molecule has 1 atom stereocenters. The first kappa shape index (κ1) is 9.52. The lowest BCUT2D eigenvalue weighted by molar-refractivity contribution is 0.712. The average molecular weight is 255 g/mol. The molecule has 1 aromatic heterocycles. The van der Waals surface area contributed by atoms with E-state index in [9.17, 15) is 0 Å². The first-order valence-corrected chi connectivity index (χ1v) is 5.34. The number of thiophene rings is 1. The van der Waals surface area contributed by atoms with Crippen LogP contribution in [0.4, 0.5) is 0 Å². The fourth-order valence-electron chi connectivity index (χ4n) is 0.747. The zero-order valence-electron chi connectivity index (χ0n) is 6.10. The quantitative estimate of drug-likeness (QED) is 0.858. The average Bonchev–Trinajstić information content (AvgIpc) is 2.31. The van der Waals surface area contributed by atoms with Crippen LogP contribution in [0.2, 0.25) is 5.02 Å². The van der Waals surface area contributed by atoms with E-state index in [-0.39, 0.29) is 6.04 Å². The van der Waals surface area contributed by atoms with E-state index in [1.807, 2.05) is 6.07 Å². The van der Waals surface area contributed by atoms with Gasteiger partial charge in [-0.25, -0.2) is 0 Å². The molecule has 1 heterocycles. The zero-order chi connectivity index (χ0) is 8.43. The molecule has 0 bridgehead atoms. The number of rotatable bonds is 2. The van der Waals surface area contributed by atoms with Crippen LogP contribution in [-0.4, -0.2) is 0 Å². The third kappa shape index (κ3) is 2.18. The predicted molar refractivity (Wildman–Crippen MR) is 54.2 cm³/mol. The molecule has 11 heavy (non-hydrogen) atoms. The Kier molecular flexibility index (Phi) is 3.37. The van der Waals surface area contributed by atoms with Gasteiger partial charge in [0.2, 0.25) is 0 Å². The van der Waals surface area contributed by atoms with E-state index in [2.05, 4.69) is 22.9 Å². The standard InChI is InChI=1S/C7H9BrClNS/c1-2-5(10)6-3-4(9)7(8)11-6/h3,5H,2,10H2,1H3/t5-/m1/s1. The highest BCUT2D eigenvalue weighted by atomic mass is 79.9. The largest absolute Gasteiger partial charge is 0.323 e. The lowest BCUT2D eigenvalue weighted by Gasteiger charge is -2.02. The molecule has 0 unspecified atom stereocenters. The molecule has 1 rings (SSSR count). The fourth-order valence-corrected chi connectivity index (χ4v) is 2.58. The van der Waals surface area contributed by atoms with Crippen LogP contribution in [0.5, 0.6) is 0 Å². The van der Waals surface area contributed by atoms with Gasteiger partial charge in [-0.1, -0.05) is 18.5 Å². The molecule has 0 radical (unpaired) electrons. The smallest absolute Gasteiger partial charge is 0.0887 e. The summed E-state index contributed by atoms with van der Waals surface area (Å²) in [5.74, 6) is 0. The molecule has 1 nitrogen and oxygen atoms in total. The summed E-state index contributed by atoms with van der Waals surface area (Å²) in [7, 11) is 0. The van der Waals surface area contributed by atoms with Crippen molar-refractivity contribution in [2.75, 3.05) is 0 Å². The van der Waals surface area contributed by atoms with Gasteiger partial charge in [0.15, 0.2) is 0 Å². The minimum atomic E-state index is 0.129. The van der Waals surface area contributed by atoms with Gasteiger partial charge in [-0.05, 0) is 28.4 Å². The van der Waals surface area contributed by atoms with Crippen LogP contribution < -0.4 is 5.73 Å². The van der Waals surface area contributed by atoms with E-state index in [0.717, 1.165) is 20.1 Å². The lowest BCUT2D eigenvalue weighted by Crippen LogP contribution is -2.05. The second-order valence-corrected chi connectivity index (χ2v) is 5.09. The van der Waals surface area contributed by atoms with Crippen molar-refractivity contribution in [1.82, 2.24) is 0 Å². The van der Waals surface area contributed by atoms with Crippen LogP contribution in [0.25, 0.3) is 0 Å². The van der Waals surface area contributed by atoms with Crippen molar-refractivity contribution in [3.05, 3.63) is 19.8 Å². The predicted octanol–water partition coefficient (Wildman–Crippen LogP) is 3.57. The van der Waals surface area contributed by atoms with Crippen LogP contribution in [0, 0.1) is 0 Å². The normalized spacial score (nSPS) is 13.5. The minimum Gasteiger partial charge on any atom is -0.323 e. The van der Waals surface area contributed by atoms with Crippen molar-refractivity contribution in [2.45, 2.75) is 19.4 Å². The van der Waals surface area contributed by atoms with Gasteiger partial charge in [-0.3, -0.25) is 0 Å². The van der Waals surface area contributed by atoms with E-state index in [0.29, 0.717) is 0 Å². The highest BCUT2D eigenvalue weighted by molar-refractivity contribution is 9.11. The van der Waals surface area contributed by atoms with Crippen molar-refractivity contribution >= 4 is 38.9 Å². The van der Waals surface area contributed by atoms with Crippen molar-refractivity contribution < 1.29 is 0 Å². The van der Waals surface area contributed by atoms with Gasteiger partial charge in [0.25, 0.3) is 0 Å². The maximum atomic E-state index is 5.84. The van der Waals surface area contributed by atoms with E-state index in [4.69, 9.17) is 17.3 Å². The number of nitrogens with two attached hydrogens (primary N) is 1. The monoisotopic (exact) mass is 253 g/mol. The van der Waals surface area contributed by atoms with Crippen molar-refractivity contribution in [3.63, 3.8) is 0 Å². The summed E-state index contributed by atoms with van der Waals surface area (Å²) in [6.07, 6.45) is 0.948. The molecule has 0 aliphatic carbocycles. The van der Waals surface area contributed by atoms with Crippen molar-refractivity contribution in [3.8, 4) is 0 Å². The highest BCUT2D eigenvalue weighted by Crippen LogP contribution is 2.35. The van der Waals surface area contributed by atoms with Gasteiger partial charge in [-0.15, -0.1) is 11.3 Å². The summed E-state index contributed by atoms with van der Waals surface area (Å²) < 4.78 is 0.970. The lowest BCUT2D eigenvalue weighted by atomic mass is 10.2. The minimum absolute atomic E-state index is 0.129. The van der Waals surface area contributed by atoms with Gasteiger partial charge >= 0.3 is 0 Å². The van der Waals surface area contributed by atoms with E-state index >= 15 is 0 Å². The molecule has 0 saturated carbocycles. The SMILES string of the molecule is CC[C@@H](N)c1cc(Cl)c(Br)s1. The van der Waals surface area contributed by atoms with Gasteiger partial charge in [0.1, 0.15) is 0 Å². The summed E-state index contributed by atoms with van der Waals surface area (Å²) >= 11 is 10.8. The first-order valence-electron chi connectivity index (χ1n) is 3.35. The molecule has 0 spiro atoms.